The molecule has 1 heterocycles. The van der Waals surface area contributed by atoms with Crippen LogP contribution < -0.4 is 0 Å². The van der Waals surface area contributed by atoms with Gasteiger partial charge in [-0.25, -0.2) is 14.8 Å². The second-order valence-corrected chi connectivity index (χ2v) is 2.87. The molecule has 1 aromatic heterocycles. The largest absolute Gasteiger partial charge is 0.464 e. The maximum atomic E-state index is 11.0. The molecule has 0 amide bonds. The molecule has 0 aliphatic heterocycles. The van der Waals surface area contributed by atoms with Crippen molar-refractivity contribution in [3.8, 4) is 0 Å². The van der Waals surface area contributed by atoms with E-state index in [0.29, 0.717) is 0 Å². The van der Waals surface area contributed by atoms with Gasteiger partial charge in [-0.15, -0.1) is 0 Å². The third-order valence-electron chi connectivity index (χ3n) is 1.03. The summed E-state index contributed by atoms with van der Waals surface area (Å²) in [6.45, 7) is 0. The van der Waals surface area contributed by atoms with E-state index in [-0.39, 0.29) is 15.5 Å². The predicted molar refractivity (Wildman–Crippen MR) is 44.9 cm³/mol. The number of ether oxygens (including phenoxy) is 1. The Hall–Kier alpha value is -0.680. The average Bonchev–Trinajstić information content (AvgIpc) is 2.08. The van der Waals surface area contributed by atoms with Crippen molar-refractivity contribution in [2.24, 2.45) is 0 Å². The number of hydrogen-bond acceptors (Lipinski definition) is 4. The molecule has 0 N–H and O–H groups in total. The minimum Gasteiger partial charge on any atom is -0.464 e. The third-order valence-corrected chi connectivity index (χ3v) is 1.75. The van der Waals surface area contributed by atoms with Crippen LogP contribution in [0.25, 0.3) is 0 Å². The topological polar surface area (TPSA) is 52.1 Å². The van der Waals surface area contributed by atoms with E-state index in [1.54, 1.807) is 0 Å². The van der Waals surface area contributed by atoms with Crippen molar-refractivity contribution >= 4 is 33.5 Å². The van der Waals surface area contributed by atoms with Gasteiger partial charge in [0.25, 0.3) is 0 Å². The molecule has 1 radical (unpaired) electrons. The van der Waals surface area contributed by atoms with Gasteiger partial charge >= 0.3 is 5.97 Å². The minimum atomic E-state index is -0.592. The van der Waals surface area contributed by atoms with Crippen LogP contribution >= 0.6 is 27.5 Å². The summed E-state index contributed by atoms with van der Waals surface area (Å²) in [6, 6.07) is 0. The van der Waals surface area contributed by atoms with Gasteiger partial charge in [0.2, 0.25) is 0 Å². The molecule has 0 aliphatic rings. The van der Waals surface area contributed by atoms with E-state index in [1.807, 2.05) is 0 Å². The Labute approximate surface area is 82.0 Å². The third kappa shape index (κ3) is 1.92. The molecule has 4 nitrogen and oxygen atoms in total. The summed E-state index contributed by atoms with van der Waals surface area (Å²) in [6.07, 6.45) is 2.37. The normalized spacial score (nSPS) is 9.58. The molecule has 0 aromatic carbocycles. The first-order chi connectivity index (χ1) is 5.65. The van der Waals surface area contributed by atoms with Gasteiger partial charge in [0.1, 0.15) is 10.8 Å². The zero-order valence-corrected chi connectivity index (χ0v) is 8.31. The minimum absolute atomic E-state index is 0.0265. The summed E-state index contributed by atoms with van der Waals surface area (Å²) >= 11 is 8.47. The van der Waals surface area contributed by atoms with Gasteiger partial charge in [-0.2, -0.15) is 0 Å². The lowest BCUT2D eigenvalue weighted by Gasteiger charge is -1.99. The standard InChI is InChI=1S/C6H3BrClN2O2/c1-12-6(11)4-5(7)9-2-3(8)10-4/h1H3. The number of rotatable bonds is 1. The molecule has 0 saturated heterocycles. The molecular weight excluding hydrogens is 247 g/mol. The molecule has 0 saturated carbocycles. The van der Waals surface area contributed by atoms with Crippen molar-refractivity contribution in [1.29, 1.82) is 0 Å². The van der Waals surface area contributed by atoms with Crippen molar-refractivity contribution in [3.05, 3.63) is 21.6 Å². The number of methoxy groups -OCH3 is 1. The van der Waals surface area contributed by atoms with E-state index in [2.05, 4.69) is 36.8 Å². The Morgan fingerprint density at radius 2 is 2.42 bits per heavy atom. The van der Waals surface area contributed by atoms with Gasteiger partial charge in [0.15, 0.2) is 10.8 Å². The van der Waals surface area contributed by atoms with Gasteiger partial charge in [0, 0.05) is 0 Å². The van der Waals surface area contributed by atoms with Crippen LogP contribution in [0.4, 0.5) is 0 Å². The molecule has 1 aromatic rings. The van der Waals surface area contributed by atoms with E-state index in [0.717, 1.165) is 0 Å². The highest BCUT2D eigenvalue weighted by Gasteiger charge is 2.13. The van der Waals surface area contributed by atoms with Crippen LogP contribution in [0.1, 0.15) is 10.5 Å². The highest BCUT2D eigenvalue weighted by Crippen LogP contribution is 2.14. The highest BCUT2D eigenvalue weighted by atomic mass is 79.9. The molecule has 1 rings (SSSR count). The Kier molecular flexibility index (Phi) is 2.99. The fourth-order valence-electron chi connectivity index (χ4n) is 0.544. The van der Waals surface area contributed by atoms with Gasteiger partial charge in [-0.3, -0.25) is 0 Å². The van der Waals surface area contributed by atoms with Crippen LogP contribution in [-0.2, 0) is 4.74 Å². The SMILES string of the molecule is COC(=O)c1nc(Cl)[c]nc1Br. The first-order valence-electron chi connectivity index (χ1n) is 2.84. The second-order valence-electron chi connectivity index (χ2n) is 1.76. The Morgan fingerprint density at radius 1 is 1.75 bits per heavy atom. The molecule has 12 heavy (non-hydrogen) atoms. The summed E-state index contributed by atoms with van der Waals surface area (Å²) < 4.78 is 4.69. The zero-order chi connectivity index (χ0) is 9.14. The lowest BCUT2D eigenvalue weighted by molar-refractivity contribution is 0.0592. The zero-order valence-electron chi connectivity index (χ0n) is 5.97. The number of carbonyl (C=O) groups excluding carboxylic acids is 1. The maximum absolute atomic E-state index is 11.0. The van der Waals surface area contributed by atoms with Crippen LogP contribution in [0.2, 0.25) is 5.15 Å². The Bertz CT molecular complexity index is 318. The smallest absolute Gasteiger partial charge is 0.359 e. The molecule has 63 valence electrons. The van der Waals surface area contributed by atoms with E-state index < -0.39 is 5.97 Å². The summed E-state index contributed by atoms with van der Waals surface area (Å²) in [5, 5.41) is 0.0265. The van der Waals surface area contributed by atoms with E-state index in [4.69, 9.17) is 11.6 Å². The Balaban J connectivity index is 3.13. The number of hydrogen-bond donors (Lipinski definition) is 0. The van der Waals surface area contributed by atoms with Crippen molar-refractivity contribution < 1.29 is 9.53 Å². The van der Waals surface area contributed by atoms with Crippen LogP contribution in [0, 0.1) is 6.20 Å². The lowest BCUT2D eigenvalue weighted by Crippen LogP contribution is -2.06. The number of aromatic nitrogens is 2. The molecule has 0 unspecified atom stereocenters. The van der Waals surface area contributed by atoms with Gasteiger partial charge in [-0.1, -0.05) is 11.6 Å². The molecular formula is C6H3BrClN2O2. The summed E-state index contributed by atoms with van der Waals surface area (Å²) in [7, 11) is 1.25. The highest BCUT2D eigenvalue weighted by molar-refractivity contribution is 9.10. The fraction of sp³-hybridized carbons (Fsp3) is 0.167. The summed E-state index contributed by atoms with van der Waals surface area (Å²) in [5.74, 6) is -0.592. The lowest BCUT2D eigenvalue weighted by atomic mass is 10.5. The van der Waals surface area contributed by atoms with Crippen molar-refractivity contribution in [2.45, 2.75) is 0 Å². The first-order valence-corrected chi connectivity index (χ1v) is 4.01. The molecule has 0 aliphatic carbocycles. The molecule has 6 heteroatoms. The van der Waals surface area contributed by atoms with Crippen molar-refractivity contribution in [3.63, 3.8) is 0 Å². The number of carbonyl (C=O) groups is 1. The van der Waals surface area contributed by atoms with Gasteiger partial charge in [0.05, 0.1) is 7.11 Å². The molecule has 0 atom stereocenters. The number of nitrogens with zero attached hydrogens (tertiary/aromatic N) is 2. The van der Waals surface area contributed by atoms with E-state index in [1.165, 1.54) is 7.11 Å². The van der Waals surface area contributed by atoms with Crippen LogP contribution in [0.3, 0.4) is 0 Å². The predicted octanol–water partition coefficient (Wildman–Crippen LogP) is 1.48. The number of esters is 1. The molecule has 0 fully saturated rings. The average molecular weight is 250 g/mol. The fourth-order valence-corrected chi connectivity index (χ4v) is 1.01. The van der Waals surface area contributed by atoms with Crippen LogP contribution in [-0.4, -0.2) is 23.0 Å². The molecule has 0 bridgehead atoms. The molecule has 0 spiro atoms. The van der Waals surface area contributed by atoms with E-state index in [9.17, 15) is 4.79 Å². The quantitative estimate of drug-likeness (QED) is 0.709. The Morgan fingerprint density at radius 3 is 3.00 bits per heavy atom. The van der Waals surface area contributed by atoms with Crippen LogP contribution in [0.5, 0.6) is 0 Å². The van der Waals surface area contributed by atoms with Gasteiger partial charge < -0.3 is 4.74 Å². The summed E-state index contributed by atoms with van der Waals surface area (Å²) in [5.41, 5.74) is 0.0428. The monoisotopic (exact) mass is 249 g/mol. The van der Waals surface area contributed by atoms with Gasteiger partial charge in [-0.05, 0) is 15.9 Å². The van der Waals surface area contributed by atoms with Crippen molar-refractivity contribution in [1.82, 2.24) is 9.97 Å². The van der Waals surface area contributed by atoms with E-state index >= 15 is 0 Å². The number of halogens is 2. The first kappa shape index (κ1) is 9.41. The van der Waals surface area contributed by atoms with Crippen LogP contribution in [0.15, 0.2) is 4.60 Å². The second kappa shape index (κ2) is 3.82. The summed E-state index contributed by atoms with van der Waals surface area (Å²) in [4.78, 5) is 18.3. The maximum Gasteiger partial charge on any atom is 0.359 e. The van der Waals surface area contributed by atoms with Crippen molar-refractivity contribution in [2.75, 3.05) is 7.11 Å².